The molecule has 0 aliphatic rings. The average Bonchev–Trinajstić information content (AvgIpc) is 2.69. The van der Waals surface area contributed by atoms with Crippen LogP contribution in [0.4, 0.5) is 19.1 Å². The van der Waals surface area contributed by atoms with Crippen LogP contribution in [0.3, 0.4) is 0 Å². The van der Waals surface area contributed by atoms with Crippen LogP contribution in [0.25, 0.3) is 0 Å². The Morgan fingerprint density at radius 3 is 2.53 bits per heavy atom. The van der Waals surface area contributed by atoms with Crippen LogP contribution in [-0.4, -0.2) is 49.7 Å². The number of hydrogen-bond acceptors (Lipinski definition) is 5. The highest BCUT2D eigenvalue weighted by atomic mass is 127. The molecule has 166 valence electrons. The zero-order valence-electron chi connectivity index (χ0n) is 17.0. The van der Waals surface area contributed by atoms with Crippen LogP contribution in [-0.2, 0) is 12.6 Å². The number of nitrogens with zero attached hydrogens (tertiary/aromatic N) is 3. The van der Waals surface area contributed by atoms with E-state index in [1.54, 1.807) is 14.2 Å². The Labute approximate surface area is 191 Å². The van der Waals surface area contributed by atoms with Gasteiger partial charge in [-0.2, -0.15) is 13.2 Å². The van der Waals surface area contributed by atoms with E-state index in [2.05, 4.69) is 37.0 Å². The van der Waals surface area contributed by atoms with E-state index in [1.165, 1.54) is 0 Å². The third-order valence-corrected chi connectivity index (χ3v) is 3.99. The Morgan fingerprint density at radius 2 is 1.87 bits per heavy atom. The van der Waals surface area contributed by atoms with Crippen molar-refractivity contribution in [3.8, 4) is 5.75 Å². The lowest BCUT2D eigenvalue weighted by atomic mass is 10.1. The summed E-state index contributed by atoms with van der Waals surface area (Å²) < 4.78 is 43.3. The van der Waals surface area contributed by atoms with Crippen molar-refractivity contribution in [2.24, 2.45) is 4.99 Å². The molecule has 0 radical (unpaired) electrons. The Bertz CT molecular complexity index is 832. The smallest absolute Gasteiger partial charge is 0.433 e. The Kier molecular flexibility index (Phi) is 10.6. The lowest BCUT2D eigenvalue weighted by Gasteiger charge is -2.14. The fourth-order valence-electron chi connectivity index (χ4n) is 2.60. The van der Waals surface area contributed by atoms with E-state index in [1.807, 2.05) is 19.1 Å². The second-order valence-electron chi connectivity index (χ2n) is 6.18. The van der Waals surface area contributed by atoms with E-state index in [-0.39, 0.29) is 29.9 Å². The molecule has 0 aliphatic heterocycles. The fraction of sp³-hybridized carbons (Fsp3) is 0.421. The second-order valence-corrected chi connectivity index (χ2v) is 6.18. The second kappa shape index (κ2) is 12.4. The zero-order chi connectivity index (χ0) is 21.3. The minimum Gasteiger partial charge on any atom is -0.496 e. The van der Waals surface area contributed by atoms with Gasteiger partial charge in [0.05, 0.1) is 7.11 Å². The minimum atomic E-state index is -4.50. The van der Waals surface area contributed by atoms with Crippen LogP contribution in [0.2, 0.25) is 0 Å². The first-order valence-corrected chi connectivity index (χ1v) is 9.05. The van der Waals surface area contributed by atoms with Gasteiger partial charge in [0.15, 0.2) is 5.96 Å². The summed E-state index contributed by atoms with van der Waals surface area (Å²) in [4.78, 5) is 11.4. The van der Waals surface area contributed by atoms with E-state index in [0.29, 0.717) is 25.6 Å². The van der Waals surface area contributed by atoms with Crippen molar-refractivity contribution >= 4 is 35.9 Å². The van der Waals surface area contributed by atoms with Crippen molar-refractivity contribution in [2.75, 3.05) is 39.1 Å². The molecule has 0 saturated heterocycles. The molecule has 0 spiro atoms. The SMILES string of the molecule is CN=C(NCCNc1nccc(C(F)(F)F)n1)NCCc1cc(C)ccc1OC.I. The maximum absolute atomic E-state index is 12.7. The maximum Gasteiger partial charge on any atom is 0.433 e. The van der Waals surface area contributed by atoms with Gasteiger partial charge in [0.2, 0.25) is 5.95 Å². The molecule has 0 fully saturated rings. The number of aromatic nitrogens is 2. The molecule has 0 unspecified atom stereocenters. The first-order chi connectivity index (χ1) is 13.8. The molecular weight excluding hydrogens is 512 g/mol. The van der Waals surface area contributed by atoms with Crippen LogP contribution in [0.15, 0.2) is 35.5 Å². The number of hydrogen-bond donors (Lipinski definition) is 3. The largest absolute Gasteiger partial charge is 0.496 e. The molecule has 11 heteroatoms. The summed E-state index contributed by atoms with van der Waals surface area (Å²) in [5.74, 6) is 1.35. The standard InChI is InChI=1S/C19H25F3N6O.HI/c1-13-4-5-15(29-3)14(12-13)6-8-24-17(23-2)26-10-11-27-18-25-9-7-16(28-18)19(20,21)22;/h4-5,7,9,12H,6,8,10-11H2,1-3H3,(H2,23,24,26)(H,25,27,28);1H. The van der Waals surface area contributed by atoms with Crippen molar-refractivity contribution in [1.82, 2.24) is 20.6 Å². The molecule has 0 bridgehead atoms. The molecule has 3 N–H and O–H groups in total. The molecule has 0 atom stereocenters. The molecule has 2 aromatic rings. The number of aliphatic imine (C=N–C) groups is 1. The van der Waals surface area contributed by atoms with Crippen molar-refractivity contribution < 1.29 is 17.9 Å². The quantitative estimate of drug-likeness (QED) is 0.207. The van der Waals surface area contributed by atoms with Crippen molar-refractivity contribution in [3.63, 3.8) is 0 Å². The summed E-state index contributed by atoms with van der Waals surface area (Å²) in [5, 5.41) is 9.03. The van der Waals surface area contributed by atoms with Gasteiger partial charge in [-0.05, 0) is 31.0 Å². The van der Waals surface area contributed by atoms with Crippen LogP contribution < -0.4 is 20.7 Å². The molecule has 2 rings (SSSR count). The van der Waals surface area contributed by atoms with Crippen molar-refractivity contribution in [3.05, 3.63) is 47.3 Å². The number of benzene rings is 1. The molecule has 1 aromatic carbocycles. The number of ether oxygens (including phenoxy) is 1. The van der Waals surface area contributed by atoms with Gasteiger partial charge < -0.3 is 20.7 Å². The van der Waals surface area contributed by atoms with Gasteiger partial charge in [0.1, 0.15) is 11.4 Å². The van der Waals surface area contributed by atoms with E-state index < -0.39 is 11.9 Å². The highest BCUT2D eigenvalue weighted by molar-refractivity contribution is 14.0. The summed E-state index contributed by atoms with van der Waals surface area (Å²) >= 11 is 0. The Hall–Kier alpha value is -2.31. The summed E-state index contributed by atoms with van der Waals surface area (Å²) in [6.07, 6.45) is -2.67. The first kappa shape index (κ1) is 25.7. The van der Waals surface area contributed by atoms with Gasteiger partial charge in [-0.3, -0.25) is 4.99 Å². The number of alkyl halides is 3. The van der Waals surface area contributed by atoms with Crippen LogP contribution in [0.1, 0.15) is 16.8 Å². The number of nitrogens with one attached hydrogen (secondary N) is 3. The summed E-state index contributed by atoms with van der Waals surface area (Å²) in [6, 6.07) is 6.85. The van der Waals surface area contributed by atoms with E-state index >= 15 is 0 Å². The van der Waals surface area contributed by atoms with E-state index in [4.69, 9.17) is 4.74 Å². The molecule has 0 aliphatic carbocycles. The molecule has 7 nitrogen and oxygen atoms in total. The van der Waals surface area contributed by atoms with Crippen LogP contribution >= 0.6 is 24.0 Å². The number of methoxy groups -OCH3 is 1. The third kappa shape index (κ3) is 8.20. The number of aryl methyl sites for hydroxylation is 1. The predicted molar refractivity (Wildman–Crippen MR) is 122 cm³/mol. The molecule has 0 amide bonds. The Balaban J connectivity index is 0.00000450. The van der Waals surface area contributed by atoms with Gasteiger partial charge in [-0.25, -0.2) is 9.97 Å². The van der Waals surface area contributed by atoms with Gasteiger partial charge in [0, 0.05) is 32.9 Å². The van der Waals surface area contributed by atoms with E-state index in [9.17, 15) is 13.2 Å². The highest BCUT2D eigenvalue weighted by Crippen LogP contribution is 2.27. The summed E-state index contributed by atoms with van der Waals surface area (Å²) in [5.41, 5.74) is 1.28. The van der Waals surface area contributed by atoms with Gasteiger partial charge in [-0.1, -0.05) is 17.7 Å². The molecule has 1 aromatic heterocycles. The molecular formula is C19H26F3IN6O. The van der Waals surface area contributed by atoms with Gasteiger partial charge >= 0.3 is 6.18 Å². The number of rotatable bonds is 8. The molecule has 0 saturated carbocycles. The zero-order valence-corrected chi connectivity index (χ0v) is 19.3. The summed E-state index contributed by atoms with van der Waals surface area (Å²) in [6.45, 7) is 3.42. The Morgan fingerprint density at radius 1 is 1.13 bits per heavy atom. The molecule has 1 heterocycles. The lowest BCUT2D eigenvalue weighted by molar-refractivity contribution is -0.141. The maximum atomic E-state index is 12.7. The molecule has 30 heavy (non-hydrogen) atoms. The minimum absolute atomic E-state index is 0. The van der Waals surface area contributed by atoms with Crippen LogP contribution in [0, 0.1) is 6.92 Å². The van der Waals surface area contributed by atoms with Crippen LogP contribution in [0.5, 0.6) is 5.75 Å². The number of anilines is 1. The fourth-order valence-corrected chi connectivity index (χ4v) is 2.60. The normalized spacial score (nSPS) is 11.5. The number of halogens is 4. The lowest BCUT2D eigenvalue weighted by Crippen LogP contribution is -2.40. The van der Waals surface area contributed by atoms with Crippen molar-refractivity contribution in [1.29, 1.82) is 0 Å². The monoisotopic (exact) mass is 538 g/mol. The first-order valence-electron chi connectivity index (χ1n) is 9.05. The topological polar surface area (TPSA) is 83.5 Å². The number of guanidine groups is 1. The predicted octanol–water partition coefficient (Wildman–Crippen LogP) is 3.25. The van der Waals surface area contributed by atoms with Crippen molar-refractivity contribution in [2.45, 2.75) is 19.5 Å². The average molecular weight is 538 g/mol. The van der Waals surface area contributed by atoms with E-state index in [0.717, 1.165) is 35.6 Å². The third-order valence-electron chi connectivity index (χ3n) is 3.99. The van der Waals surface area contributed by atoms with Gasteiger partial charge in [-0.15, -0.1) is 24.0 Å². The summed E-state index contributed by atoms with van der Waals surface area (Å²) in [7, 11) is 3.29. The highest BCUT2D eigenvalue weighted by Gasteiger charge is 2.32. The van der Waals surface area contributed by atoms with Gasteiger partial charge in [0.25, 0.3) is 0 Å².